The molecule has 0 bridgehead atoms. The molecule has 4 nitrogen and oxygen atoms in total. The minimum absolute atomic E-state index is 0.0739. The van der Waals surface area contributed by atoms with E-state index in [4.69, 9.17) is 16.3 Å². The van der Waals surface area contributed by atoms with Crippen LogP contribution in [-0.4, -0.2) is 21.4 Å². The van der Waals surface area contributed by atoms with Crippen molar-refractivity contribution in [3.8, 4) is 11.1 Å². The molecular weight excluding hydrogens is 250 g/mol. The van der Waals surface area contributed by atoms with Crippen LogP contribution < -0.4 is 0 Å². The Hall–Kier alpha value is -1.39. The third-order valence-corrected chi connectivity index (χ3v) is 3.32. The number of hydrogen-bond donors (Lipinski definition) is 0. The monoisotopic (exact) mass is 263 g/mol. The number of ether oxygens (including phenoxy) is 1. The van der Waals surface area contributed by atoms with Gasteiger partial charge in [0.1, 0.15) is 11.4 Å². The van der Waals surface area contributed by atoms with Crippen molar-refractivity contribution in [2.75, 3.05) is 6.61 Å². The average molecular weight is 264 g/mol. The molecule has 2 aromatic heterocycles. The highest BCUT2D eigenvalue weighted by molar-refractivity contribution is 6.29. The standard InChI is InChI=1S/C13H14ClN3O/c14-12-7-10(4-5-15-12)11-8-16-17(9-11)13-3-1-2-6-18-13/h4-5,7-9,13H,1-3,6H2. The summed E-state index contributed by atoms with van der Waals surface area (Å²) < 4.78 is 7.59. The van der Waals surface area contributed by atoms with Gasteiger partial charge in [-0.25, -0.2) is 9.67 Å². The normalized spacial score (nSPS) is 19.9. The molecule has 0 saturated carbocycles. The topological polar surface area (TPSA) is 39.9 Å². The smallest absolute Gasteiger partial charge is 0.150 e. The quantitative estimate of drug-likeness (QED) is 0.781. The molecule has 0 aromatic carbocycles. The van der Waals surface area contributed by atoms with Crippen LogP contribution in [0, 0.1) is 0 Å². The number of rotatable bonds is 2. The van der Waals surface area contributed by atoms with E-state index in [2.05, 4.69) is 10.1 Å². The minimum atomic E-state index is 0.0739. The molecule has 1 fully saturated rings. The van der Waals surface area contributed by atoms with Crippen LogP contribution in [0.2, 0.25) is 5.15 Å². The van der Waals surface area contributed by atoms with Gasteiger partial charge in [-0.15, -0.1) is 0 Å². The van der Waals surface area contributed by atoms with E-state index >= 15 is 0 Å². The number of nitrogens with zero attached hydrogens (tertiary/aromatic N) is 3. The van der Waals surface area contributed by atoms with Crippen molar-refractivity contribution in [3.05, 3.63) is 35.9 Å². The van der Waals surface area contributed by atoms with Crippen LogP contribution in [0.25, 0.3) is 11.1 Å². The number of pyridine rings is 1. The molecule has 1 unspecified atom stereocenters. The summed E-state index contributed by atoms with van der Waals surface area (Å²) in [5.74, 6) is 0. The Morgan fingerprint density at radius 2 is 2.28 bits per heavy atom. The second-order valence-corrected chi connectivity index (χ2v) is 4.78. The molecule has 0 aliphatic carbocycles. The first kappa shape index (κ1) is 11.7. The van der Waals surface area contributed by atoms with Crippen LogP contribution >= 0.6 is 11.6 Å². The summed E-state index contributed by atoms with van der Waals surface area (Å²) in [6.45, 7) is 0.820. The molecule has 2 aromatic rings. The van der Waals surface area contributed by atoms with E-state index in [1.54, 1.807) is 6.20 Å². The van der Waals surface area contributed by atoms with Gasteiger partial charge >= 0.3 is 0 Å². The second-order valence-electron chi connectivity index (χ2n) is 4.40. The fraction of sp³-hybridized carbons (Fsp3) is 0.385. The maximum atomic E-state index is 5.89. The van der Waals surface area contributed by atoms with Gasteiger partial charge in [0.15, 0.2) is 0 Å². The molecule has 0 N–H and O–H groups in total. The van der Waals surface area contributed by atoms with E-state index in [0.717, 1.165) is 30.6 Å². The highest BCUT2D eigenvalue weighted by atomic mass is 35.5. The molecule has 3 heterocycles. The van der Waals surface area contributed by atoms with Crippen molar-refractivity contribution >= 4 is 11.6 Å². The lowest BCUT2D eigenvalue weighted by molar-refractivity contribution is -0.0394. The molecule has 1 aliphatic rings. The van der Waals surface area contributed by atoms with Gasteiger partial charge in [0.25, 0.3) is 0 Å². The van der Waals surface area contributed by atoms with Gasteiger partial charge in [-0.1, -0.05) is 11.6 Å². The maximum absolute atomic E-state index is 5.89. The fourth-order valence-corrected chi connectivity index (χ4v) is 2.33. The summed E-state index contributed by atoms with van der Waals surface area (Å²) in [5, 5.41) is 4.87. The van der Waals surface area contributed by atoms with Crippen molar-refractivity contribution in [2.45, 2.75) is 25.5 Å². The first-order chi connectivity index (χ1) is 8.83. The van der Waals surface area contributed by atoms with E-state index < -0.39 is 0 Å². The molecule has 1 saturated heterocycles. The lowest BCUT2D eigenvalue weighted by atomic mass is 10.1. The first-order valence-electron chi connectivity index (χ1n) is 6.10. The summed E-state index contributed by atoms with van der Waals surface area (Å²) in [4.78, 5) is 3.98. The van der Waals surface area contributed by atoms with Crippen molar-refractivity contribution < 1.29 is 4.74 Å². The zero-order valence-electron chi connectivity index (χ0n) is 9.92. The number of halogens is 1. The van der Waals surface area contributed by atoms with Gasteiger partial charge in [-0.3, -0.25) is 0 Å². The van der Waals surface area contributed by atoms with Gasteiger partial charge in [0, 0.05) is 24.6 Å². The summed E-state index contributed by atoms with van der Waals surface area (Å²) >= 11 is 5.89. The molecule has 94 valence electrons. The van der Waals surface area contributed by atoms with Crippen LogP contribution in [0.5, 0.6) is 0 Å². The van der Waals surface area contributed by atoms with Crippen LogP contribution in [-0.2, 0) is 4.74 Å². The summed E-state index contributed by atoms with van der Waals surface area (Å²) in [5.41, 5.74) is 2.06. The van der Waals surface area contributed by atoms with E-state index in [1.807, 2.05) is 29.2 Å². The summed E-state index contributed by atoms with van der Waals surface area (Å²) in [6.07, 6.45) is 8.98. The molecule has 0 amide bonds. The van der Waals surface area contributed by atoms with E-state index in [1.165, 1.54) is 6.42 Å². The lowest BCUT2D eigenvalue weighted by Crippen LogP contribution is -2.18. The third kappa shape index (κ3) is 2.40. The molecule has 1 aliphatic heterocycles. The van der Waals surface area contributed by atoms with Crippen molar-refractivity contribution in [1.29, 1.82) is 0 Å². The zero-order valence-corrected chi connectivity index (χ0v) is 10.7. The van der Waals surface area contributed by atoms with E-state index in [-0.39, 0.29) is 6.23 Å². The first-order valence-corrected chi connectivity index (χ1v) is 6.48. The Labute approximate surface area is 111 Å². The van der Waals surface area contributed by atoms with Crippen LogP contribution in [0.15, 0.2) is 30.7 Å². The lowest BCUT2D eigenvalue weighted by Gasteiger charge is -2.22. The van der Waals surface area contributed by atoms with E-state index in [0.29, 0.717) is 5.15 Å². The molecule has 5 heteroatoms. The molecule has 18 heavy (non-hydrogen) atoms. The highest BCUT2D eigenvalue weighted by Gasteiger charge is 2.16. The van der Waals surface area contributed by atoms with Gasteiger partial charge in [0.2, 0.25) is 0 Å². The average Bonchev–Trinajstić information content (AvgIpc) is 2.89. The molecular formula is C13H14ClN3O. The van der Waals surface area contributed by atoms with Crippen molar-refractivity contribution in [1.82, 2.24) is 14.8 Å². The fourth-order valence-electron chi connectivity index (χ4n) is 2.16. The predicted octanol–water partition coefficient (Wildman–Crippen LogP) is 3.30. The molecule has 0 radical (unpaired) electrons. The molecule has 0 spiro atoms. The molecule has 3 rings (SSSR count). The summed E-state index contributed by atoms with van der Waals surface area (Å²) in [6, 6.07) is 3.76. The number of hydrogen-bond acceptors (Lipinski definition) is 3. The molecule has 1 atom stereocenters. The van der Waals surface area contributed by atoms with E-state index in [9.17, 15) is 0 Å². The second kappa shape index (κ2) is 5.08. The Morgan fingerprint density at radius 1 is 1.33 bits per heavy atom. The Morgan fingerprint density at radius 3 is 3.06 bits per heavy atom. The zero-order chi connectivity index (χ0) is 12.4. The van der Waals surface area contributed by atoms with Crippen LogP contribution in [0.4, 0.5) is 0 Å². The van der Waals surface area contributed by atoms with Gasteiger partial charge in [-0.2, -0.15) is 5.10 Å². The van der Waals surface area contributed by atoms with Crippen LogP contribution in [0.3, 0.4) is 0 Å². The minimum Gasteiger partial charge on any atom is -0.357 e. The third-order valence-electron chi connectivity index (χ3n) is 3.11. The van der Waals surface area contributed by atoms with Crippen molar-refractivity contribution in [3.63, 3.8) is 0 Å². The van der Waals surface area contributed by atoms with Gasteiger partial charge < -0.3 is 4.74 Å². The maximum Gasteiger partial charge on any atom is 0.150 e. The number of aromatic nitrogens is 3. The van der Waals surface area contributed by atoms with Gasteiger partial charge in [-0.05, 0) is 37.0 Å². The SMILES string of the molecule is Clc1cc(-c2cnn(C3CCCCO3)c2)ccn1. The Kier molecular flexibility index (Phi) is 3.30. The Bertz CT molecular complexity index is 535. The van der Waals surface area contributed by atoms with Gasteiger partial charge in [0.05, 0.1) is 6.20 Å². The Balaban J connectivity index is 1.84. The largest absolute Gasteiger partial charge is 0.357 e. The van der Waals surface area contributed by atoms with Crippen molar-refractivity contribution in [2.24, 2.45) is 0 Å². The van der Waals surface area contributed by atoms with Crippen LogP contribution in [0.1, 0.15) is 25.5 Å². The summed E-state index contributed by atoms with van der Waals surface area (Å²) in [7, 11) is 0. The predicted molar refractivity (Wildman–Crippen MR) is 69.3 cm³/mol. The highest BCUT2D eigenvalue weighted by Crippen LogP contribution is 2.25.